The molecule has 10 heteroatoms. The number of aliphatic carboxylic acids is 1. The van der Waals surface area contributed by atoms with E-state index in [2.05, 4.69) is 10.6 Å². The maximum Gasteiger partial charge on any atom is 0.408 e. The van der Waals surface area contributed by atoms with Crippen molar-refractivity contribution < 1.29 is 29.0 Å². The highest BCUT2D eigenvalue weighted by atomic mass is 32.1. The van der Waals surface area contributed by atoms with E-state index in [0.717, 1.165) is 5.56 Å². The number of carboxylic acid groups (broad SMARTS) is 1. The van der Waals surface area contributed by atoms with E-state index in [4.69, 9.17) is 4.74 Å². The number of nitrogens with zero attached hydrogens (tertiary/aromatic N) is 1. The van der Waals surface area contributed by atoms with Gasteiger partial charge in [-0.15, -0.1) is 0 Å². The predicted molar refractivity (Wildman–Crippen MR) is 118 cm³/mol. The van der Waals surface area contributed by atoms with Gasteiger partial charge in [0.15, 0.2) is 0 Å². The van der Waals surface area contributed by atoms with Crippen molar-refractivity contribution in [2.45, 2.75) is 44.9 Å². The Morgan fingerprint density at radius 2 is 1.94 bits per heavy atom. The van der Waals surface area contributed by atoms with Gasteiger partial charge in [0.25, 0.3) is 0 Å². The summed E-state index contributed by atoms with van der Waals surface area (Å²) in [6.07, 6.45) is -0.572. The monoisotopic (exact) mass is 459 g/mol. The number of nitrogens with one attached hydrogen (secondary N) is 2. The fraction of sp³-hybridized carbons (Fsp3) is 0.364. The third kappa shape index (κ3) is 5.44. The van der Waals surface area contributed by atoms with E-state index in [-0.39, 0.29) is 6.42 Å². The number of benzene rings is 1. The summed E-state index contributed by atoms with van der Waals surface area (Å²) in [4.78, 5) is 50.8. The van der Waals surface area contributed by atoms with Gasteiger partial charge in [-0.2, -0.15) is 11.3 Å². The van der Waals surface area contributed by atoms with Crippen molar-refractivity contribution >= 4 is 40.9 Å². The molecule has 2 aromatic rings. The number of thiophene rings is 1. The van der Waals surface area contributed by atoms with E-state index in [1.807, 2.05) is 0 Å². The first kappa shape index (κ1) is 23.3. The number of carboxylic acids is 1. The number of amides is 3. The predicted octanol–water partition coefficient (Wildman–Crippen LogP) is 2.47. The molecule has 0 radical (unpaired) electrons. The average Bonchev–Trinajstić information content (AvgIpc) is 3.36. The molecule has 0 fully saturated rings. The minimum Gasteiger partial charge on any atom is -0.480 e. The van der Waals surface area contributed by atoms with Crippen LogP contribution in [0.25, 0.3) is 0 Å². The normalized spacial score (nSPS) is 16.1. The summed E-state index contributed by atoms with van der Waals surface area (Å²) in [6, 6.07) is 6.53. The van der Waals surface area contributed by atoms with E-state index in [0.29, 0.717) is 11.3 Å². The molecule has 2 atom stereocenters. The maximum absolute atomic E-state index is 12.9. The Kier molecular flexibility index (Phi) is 6.83. The lowest BCUT2D eigenvalue weighted by Gasteiger charge is -2.25. The standard InChI is InChI=1S/C22H25N3O6S/c1-22(2,3)31-21(30)24-18(14-8-9-32-12-14)19(27)23-11-17(26)25-15-7-5-4-6-13(15)10-16(25)20(28)29/h4-9,12,16,18H,10-11H2,1-3H3,(H,23,27)(H,24,30)(H,28,29). The Bertz CT molecular complexity index is 1010. The van der Waals surface area contributed by atoms with Gasteiger partial charge in [0, 0.05) is 12.1 Å². The molecule has 0 saturated heterocycles. The molecule has 0 spiro atoms. The first-order valence-electron chi connectivity index (χ1n) is 9.99. The van der Waals surface area contributed by atoms with Crippen LogP contribution in [0.4, 0.5) is 10.5 Å². The van der Waals surface area contributed by atoms with Crippen LogP contribution in [-0.4, -0.2) is 47.2 Å². The van der Waals surface area contributed by atoms with Crippen LogP contribution in [0.2, 0.25) is 0 Å². The van der Waals surface area contributed by atoms with Crippen LogP contribution in [-0.2, 0) is 25.5 Å². The van der Waals surface area contributed by atoms with Crippen molar-refractivity contribution in [3.8, 4) is 0 Å². The number of carbonyl (C=O) groups is 4. The van der Waals surface area contributed by atoms with Crippen LogP contribution in [0.1, 0.15) is 37.9 Å². The van der Waals surface area contributed by atoms with Crippen molar-refractivity contribution in [1.29, 1.82) is 0 Å². The van der Waals surface area contributed by atoms with Gasteiger partial charge in [0.2, 0.25) is 11.8 Å². The molecular weight excluding hydrogens is 434 g/mol. The molecule has 3 rings (SSSR count). The molecule has 0 bridgehead atoms. The SMILES string of the molecule is CC(C)(C)OC(=O)NC(C(=O)NCC(=O)N1c2ccccc2CC1C(=O)O)c1ccsc1. The molecule has 1 aliphatic rings. The zero-order valence-electron chi connectivity index (χ0n) is 18.0. The van der Waals surface area contributed by atoms with E-state index < -0.39 is 48.1 Å². The lowest BCUT2D eigenvalue weighted by molar-refractivity contribution is -0.139. The Morgan fingerprint density at radius 3 is 2.56 bits per heavy atom. The number of fused-ring (bicyclic) bond motifs is 1. The molecule has 1 aromatic carbocycles. The van der Waals surface area contributed by atoms with Gasteiger partial charge >= 0.3 is 12.1 Å². The summed E-state index contributed by atoms with van der Waals surface area (Å²) in [5.74, 6) is -2.29. The number of carbonyl (C=O) groups excluding carboxylic acids is 3. The molecule has 170 valence electrons. The van der Waals surface area contributed by atoms with Crippen molar-refractivity contribution in [3.63, 3.8) is 0 Å². The average molecular weight is 460 g/mol. The van der Waals surface area contributed by atoms with Crippen LogP contribution in [0.15, 0.2) is 41.1 Å². The Labute approximate surface area is 189 Å². The summed E-state index contributed by atoms with van der Waals surface area (Å²) in [5.41, 5.74) is 1.06. The van der Waals surface area contributed by atoms with Crippen LogP contribution in [0.3, 0.4) is 0 Å². The van der Waals surface area contributed by atoms with Crippen molar-refractivity contribution in [2.24, 2.45) is 0 Å². The summed E-state index contributed by atoms with van der Waals surface area (Å²) in [7, 11) is 0. The molecule has 1 aliphatic heterocycles. The van der Waals surface area contributed by atoms with Crippen LogP contribution < -0.4 is 15.5 Å². The number of anilines is 1. The fourth-order valence-electron chi connectivity index (χ4n) is 3.41. The highest BCUT2D eigenvalue weighted by molar-refractivity contribution is 7.08. The second kappa shape index (κ2) is 9.39. The molecule has 2 unspecified atom stereocenters. The molecule has 0 saturated carbocycles. The van der Waals surface area contributed by atoms with Crippen molar-refractivity contribution in [1.82, 2.24) is 10.6 Å². The summed E-state index contributed by atoms with van der Waals surface area (Å²) in [5, 5.41) is 18.1. The van der Waals surface area contributed by atoms with Gasteiger partial charge in [-0.25, -0.2) is 9.59 Å². The first-order valence-corrected chi connectivity index (χ1v) is 10.9. The van der Waals surface area contributed by atoms with Crippen LogP contribution in [0, 0.1) is 0 Å². The van der Waals surface area contributed by atoms with E-state index in [1.54, 1.807) is 61.9 Å². The van der Waals surface area contributed by atoms with E-state index in [9.17, 15) is 24.3 Å². The molecule has 9 nitrogen and oxygen atoms in total. The largest absolute Gasteiger partial charge is 0.480 e. The molecule has 3 amide bonds. The van der Waals surface area contributed by atoms with Crippen molar-refractivity contribution in [2.75, 3.05) is 11.4 Å². The van der Waals surface area contributed by atoms with Gasteiger partial charge in [0.1, 0.15) is 17.7 Å². The Balaban J connectivity index is 1.71. The summed E-state index contributed by atoms with van der Waals surface area (Å²) < 4.78 is 5.24. The number of ether oxygens (including phenoxy) is 1. The third-order valence-corrected chi connectivity index (χ3v) is 5.44. The highest BCUT2D eigenvalue weighted by Crippen LogP contribution is 2.32. The number of hydrogen-bond donors (Lipinski definition) is 3. The number of hydrogen-bond acceptors (Lipinski definition) is 6. The van der Waals surface area contributed by atoms with Gasteiger partial charge in [-0.3, -0.25) is 14.5 Å². The summed E-state index contributed by atoms with van der Waals surface area (Å²) in [6.45, 7) is 4.70. The second-order valence-electron chi connectivity index (χ2n) is 8.30. The maximum atomic E-state index is 12.9. The zero-order chi connectivity index (χ0) is 23.5. The topological polar surface area (TPSA) is 125 Å². The minimum absolute atomic E-state index is 0.197. The number of rotatable bonds is 6. The molecule has 1 aromatic heterocycles. The van der Waals surface area contributed by atoms with Crippen molar-refractivity contribution in [3.05, 3.63) is 52.2 Å². The van der Waals surface area contributed by atoms with Gasteiger partial charge in [-0.1, -0.05) is 18.2 Å². The highest BCUT2D eigenvalue weighted by Gasteiger charge is 2.38. The van der Waals surface area contributed by atoms with Gasteiger partial charge in [-0.05, 0) is 54.8 Å². The molecule has 3 N–H and O–H groups in total. The smallest absolute Gasteiger partial charge is 0.408 e. The quantitative estimate of drug-likeness (QED) is 0.610. The molecule has 32 heavy (non-hydrogen) atoms. The minimum atomic E-state index is -1.12. The fourth-order valence-corrected chi connectivity index (χ4v) is 4.09. The molecule has 0 aliphatic carbocycles. The summed E-state index contributed by atoms with van der Waals surface area (Å²) >= 11 is 1.35. The lowest BCUT2D eigenvalue weighted by atomic mass is 10.1. The lowest BCUT2D eigenvalue weighted by Crippen LogP contribution is -2.49. The first-order chi connectivity index (χ1) is 15.1. The number of alkyl carbamates (subject to hydrolysis) is 1. The van der Waals surface area contributed by atoms with Gasteiger partial charge in [0.05, 0.1) is 6.54 Å². The number of para-hydroxylation sites is 1. The van der Waals surface area contributed by atoms with Crippen LogP contribution in [0.5, 0.6) is 0 Å². The second-order valence-corrected chi connectivity index (χ2v) is 9.08. The Morgan fingerprint density at radius 1 is 1.22 bits per heavy atom. The molecular formula is C22H25N3O6S. The van der Waals surface area contributed by atoms with E-state index in [1.165, 1.54) is 16.2 Å². The Hall–Kier alpha value is -3.40. The van der Waals surface area contributed by atoms with E-state index >= 15 is 0 Å². The zero-order valence-corrected chi connectivity index (χ0v) is 18.8. The van der Waals surface area contributed by atoms with Gasteiger partial charge < -0.3 is 20.5 Å². The third-order valence-electron chi connectivity index (χ3n) is 4.74. The molecule has 2 heterocycles. The van der Waals surface area contributed by atoms with Crippen LogP contribution >= 0.6 is 11.3 Å².